The Balaban J connectivity index is 0.00000341. The number of piperidine rings is 1. The zero-order valence-corrected chi connectivity index (χ0v) is 21.1. The van der Waals surface area contributed by atoms with Gasteiger partial charge in [-0.15, -0.1) is 24.0 Å². The number of aryl methyl sites for hydroxylation is 1. The van der Waals surface area contributed by atoms with Crippen molar-refractivity contribution in [2.24, 2.45) is 4.99 Å². The number of nitrogens with zero attached hydrogens (tertiary/aromatic N) is 3. The van der Waals surface area contributed by atoms with Crippen LogP contribution in [0.2, 0.25) is 0 Å². The Kier molecular flexibility index (Phi) is 10.2. The number of ether oxygens (including phenoxy) is 2. The van der Waals surface area contributed by atoms with Crippen molar-refractivity contribution in [2.45, 2.75) is 38.8 Å². The molecule has 3 rings (SSSR count). The van der Waals surface area contributed by atoms with Crippen molar-refractivity contribution in [2.75, 3.05) is 38.7 Å². The number of pyridine rings is 1. The van der Waals surface area contributed by atoms with E-state index in [1.54, 1.807) is 14.2 Å². The van der Waals surface area contributed by atoms with Crippen LogP contribution in [0, 0.1) is 6.92 Å². The highest BCUT2D eigenvalue weighted by Gasteiger charge is 2.21. The van der Waals surface area contributed by atoms with Crippen molar-refractivity contribution in [1.82, 2.24) is 15.6 Å². The Bertz CT molecular complexity index is 806. The van der Waals surface area contributed by atoms with Gasteiger partial charge in [0, 0.05) is 32.4 Å². The molecule has 0 aliphatic carbocycles. The lowest BCUT2D eigenvalue weighted by Crippen LogP contribution is -2.50. The molecule has 31 heavy (non-hydrogen) atoms. The number of aromatic nitrogens is 1. The van der Waals surface area contributed by atoms with E-state index in [1.165, 1.54) is 5.56 Å². The zero-order chi connectivity index (χ0) is 21.3. The minimum Gasteiger partial charge on any atom is -0.497 e. The Morgan fingerprint density at radius 3 is 2.42 bits per heavy atom. The van der Waals surface area contributed by atoms with E-state index in [0.717, 1.165) is 49.2 Å². The van der Waals surface area contributed by atoms with E-state index < -0.39 is 0 Å². The number of methoxy groups -OCH3 is 1. The van der Waals surface area contributed by atoms with Gasteiger partial charge < -0.3 is 25.0 Å². The van der Waals surface area contributed by atoms with E-state index in [9.17, 15) is 0 Å². The minimum atomic E-state index is 0. The van der Waals surface area contributed by atoms with Crippen molar-refractivity contribution in [3.8, 4) is 11.5 Å². The molecule has 1 saturated heterocycles. The van der Waals surface area contributed by atoms with Crippen molar-refractivity contribution >= 4 is 35.8 Å². The molecule has 1 aromatic carbocycles. The predicted octanol–water partition coefficient (Wildman–Crippen LogP) is 3.62. The normalized spacial score (nSPS) is 15.6. The largest absolute Gasteiger partial charge is 0.497 e. The van der Waals surface area contributed by atoms with Crippen LogP contribution >= 0.6 is 24.0 Å². The number of anilines is 1. The fraction of sp³-hybridized carbons (Fsp3) is 0.478. The van der Waals surface area contributed by atoms with E-state index in [4.69, 9.17) is 9.47 Å². The van der Waals surface area contributed by atoms with Crippen LogP contribution in [0.15, 0.2) is 47.6 Å². The van der Waals surface area contributed by atoms with Gasteiger partial charge in [-0.05, 0) is 62.6 Å². The number of rotatable bonds is 7. The molecule has 7 nitrogen and oxygen atoms in total. The molecule has 2 heterocycles. The average molecular weight is 539 g/mol. The number of hydrogen-bond acceptors (Lipinski definition) is 5. The van der Waals surface area contributed by atoms with Gasteiger partial charge in [0.15, 0.2) is 5.96 Å². The molecule has 2 aromatic rings. The smallest absolute Gasteiger partial charge is 0.191 e. The maximum atomic E-state index is 5.96. The Hall–Kier alpha value is -2.23. The summed E-state index contributed by atoms with van der Waals surface area (Å²) in [4.78, 5) is 11.3. The van der Waals surface area contributed by atoms with Crippen LogP contribution in [0.5, 0.6) is 11.5 Å². The quantitative estimate of drug-likeness (QED) is 0.318. The molecule has 0 amide bonds. The highest BCUT2D eigenvalue weighted by atomic mass is 127. The maximum Gasteiger partial charge on any atom is 0.191 e. The van der Waals surface area contributed by atoms with Crippen LogP contribution in [0.4, 0.5) is 5.82 Å². The molecule has 1 aliphatic heterocycles. The molecule has 1 fully saturated rings. The number of aliphatic imine (C=N–C) groups is 1. The van der Waals surface area contributed by atoms with Gasteiger partial charge in [0.05, 0.1) is 13.7 Å². The molecule has 170 valence electrons. The second-order valence-corrected chi connectivity index (χ2v) is 7.66. The summed E-state index contributed by atoms with van der Waals surface area (Å²) in [6.45, 7) is 6.74. The topological polar surface area (TPSA) is 71.0 Å². The molecule has 0 bridgehead atoms. The Labute approximate surface area is 202 Å². The van der Waals surface area contributed by atoms with E-state index in [1.807, 2.05) is 37.4 Å². The molecular weight excluding hydrogens is 505 g/mol. The molecule has 0 spiro atoms. The van der Waals surface area contributed by atoms with Crippen molar-refractivity contribution in [3.05, 3.63) is 48.2 Å². The fourth-order valence-corrected chi connectivity index (χ4v) is 3.46. The van der Waals surface area contributed by atoms with Gasteiger partial charge in [0.25, 0.3) is 0 Å². The maximum absolute atomic E-state index is 5.96. The van der Waals surface area contributed by atoms with E-state index >= 15 is 0 Å². The molecule has 1 aromatic heterocycles. The van der Waals surface area contributed by atoms with E-state index in [2.05, 4.69) is 44.6 Å². The van der Waals surface area contributed by atoms with Gasteiger partial charge in [-0.2, -0.15) is 0 Å². The lowest BCUT2D eigenvalue weighted by Gasteiger charge is -2.34. The third kappa shape index (κ3) is 7.75. The lowest BCUT2D eigenvalue weighted by atomic mass is 10.1. The minimum absolute atomic E-state index is 0. The second-order valence-electron chi connectivity index (χ2n) is 7.66. The Morgan fingerprint density at radius 1 is 1.16 bits per heavy atom. The zero-order valence-electron chi connectivity index (χ0n) is 18.8. The van der Waals surface area contributed by atoms with Gasteiger partial charge in [0.2, 0.25) is 0 Å². The number of hydrogen-bond donors (Lipinski definition) is 2. The summed E-state index contributed by atoms with van der Waals surface area (Å²) in [5.41, 5.74) is 1.19. The first-order chi connectivity index (χ1) is 14.6. The van der Waals surface area contributed by atoms with Gasteiger partial charge in [-0.3, -0.25) is 4.99 Å². The summed E-state index contributed by atoms with van der Waals surface area (Å²) in [6, 6.07) is 12.2. The standard InChI is InChI=1S/C23H33N5O2.HI/c1-17-5-10-22(25-15-17)28-13-11-19(12-14-28)27-23(24-3)26-16-18(2)30-21-8-6-20(29-4)7-9-21;/h5-10,15,18-19H,11-14,16H2,1-4H3,(H2,24,26,27);1H. The molecule has 2 N–H and O–H groups in total. The molecule has 0 radical (unpaired) electrons. The summed E-state index contributed by atoms with van der Waals surface area (Å²) < 4.78 is 11.1. The van der Waals surface area contributed by atoms with Crippen LogP contribution in [-0.4, -0.2) is 56.9 Å². The molecule has 1 unspecified atom stereocenters. The first-order valence-corrected chi connectivity index (χ1v) is 10.5. The molecular formula is C23H34IN5O2. The molecule has 0 saturated carbocycles. The second kappa shape index (κ2) is 12.6. The average Bonchev–Trinajstić information content (AvgIpc) is 2.78. The third-order valence-electron chi connectivity index (χ3n) is 5.23. The predicted molar refractivity (Wildman–Crippen MR) is 137 cm³/mol. The highest BCUT2D eigenvalue weighted by molar-refractivity contribution is 14.0. The first-order valence-electron chi connectivity index (χ1n) is 10.5. The van der Waals surface area contributed by atoms with Crippen molar-refractivity contribution in [3.63, 3.8) is 0 Å². The fourth-order valence-electron chi connectivity index (χ4n) is 3.46. The van der Waals surface area contributed by atoms with Crippen LogP contribution in [-0.2, 0) is 0 Å². The van der Waals surface area contributed by atoms with Crippen LogP contribution in [0.3, 0.4) is 0 Å². The van der Waals surface area contributed by atoms with Gasteiger partial charge >= 0.3 is 0 Å². The van der Waals surface area contributed by atoms with Crippen LogP contribution < -0.4 is 25.0 Å². The van der Waals surface area contributed by atoms with Crippen LogP contribution in [0.25, 0.3) is 0 Å². The monoisotopic (exact) mass is 539 g/mol. The molecule has 1 aliphatic rings. The van der Waals surface area contributed by atoms with Gasteiger partial charge in [-0.1, -0.05) is 6.07 Å². The SMILES string of the molecule is CN=C(NCC(C)Oc1ccc(OC)cc1)NC1CCN(c2ccc(C)cn2)CC1.I. The van der Waals surface area contributed by atoms with Gasteiger partial charge in [-0.25, -0.2) is 4.98 Å². The van der Waals surface area contributed by atoms with Crippen molar-refractivity contribution < 1.29 is 9.47 Å². The van der Waals surface area contributed by atoms with Crippen molar-refractivity contribution in [1.29, 1.82) is 0 Å². The number of guanidine groups is 1. The number of nitrogens with one attached hydrogen (secondary N) is 2. The number of benzene rings is 1. The molecule has 8 heteroatoms. The van der Waals surface area contributed by atoms with Crippen LogP contribution in [0.1, 0.15) is 25.3 Å². The Morgan fingerprint density at radius 2 is 1.84 bits per heavy atom. The van der Waals surface area contributed by atoms with E-state index in [-0.39, 0.29) is 30.1 Å². The van der Waals surface area contributed by atoms with Gasteiger partial charge in [0.1, 0.15) is 23.4 Å². The summed E-state index contributed by atoms with van der Waals surface area (Å²) in [7, 11) is 3.46. The number of halogens is 1. The third-order valence-corrected chi connectivity index (χ3v) is 5.23. The summed E-state index contributed by atoms with van der Waals surface area (Å²) in [5, 5.41) is 6.91. The highest BCUT2D eigenvalue weighted by Crippen LogP contribution is 2.19. The van der Waals surface area contributed by atoms with E-state index in [0.29, 0.717) is 12.6 Å². The summed E-state index contributed by atoms with van der Waals surface area (Å²) in [5.74, 6) is 3.52. The molecule has 1 atom stereocenters. The first kappa shape index (κ1) is 25.0. The summed E-state index contributed by atoms with van der Waals surface area (Å²) >= 11 is 0. The summed E-state index contributed by atoms with van der Waals surface area (Å²) in [6.07, 6.45) is 4.04. The lowest BCUT2D eigenvalue weighted by molar-refractivity contribution is 0.223.